The summed E-state index contributed by atoms with van der Waals surface area (Å²) in [6.07, 6.45) is 2.04. The van der Waals surface area contributed by atoms with Crippen LogP contribution in [0.4, 0.5) is 0 Å². The van der Waals surface area contributed by atoms with E-state index in [1.807, 2.05) is 24.7 Å². The van der Waals surface area contributed by atoms with Crippen molar-refractivity contribution in [1.29, 1.82) is 0 Å². The van der Waals surface area contributed by atoms with Gasteiger partial charge in [-0.3, -0.25) is 4.68 Å². The van der Waals surface area contributed by atoms with Crippen molar-refractivity contribution in [3.8, 4) is 0 Å². The maximum atomic E-state index is 5.82. The molecule has 0 saturated heterocycles. The van der Waals surface area contributed by atoms with Gasteiger partial charge in [-0.25, -0.2) is 0 Å². The summed E-state index contributed by atoms with van der Waals surface area (Å²) in [4.78, 5) is 0. The molecule has 1 rings (SSSR count). The summed E-state index contributed by atoms with van der Waals surface area (Å²) < 4.78 is 1.97. The third-order valence-corrected chi connectivity index (χ3v) is 2.11. The van der Waals surface area contributed by atoms with Crippen LogP contribution >= 0.6 is 0 Å². The molecule has 1 atom stereocenters. The summed E-state index contributed by atoms with van der Waals surface area (Å²) in [5.74, 6) is 0. The number of hydrogen-bond donors (Lipinski definition) is 1. The van der Waals surface area contributed by atoms with Gasteiger partial charge in [0.2, 0.25) is 0 Å². The first kappa shape index (κ1) is 10.3. The van der Waals surface area contributed by atoms with Gasteiger partial charge in [0.25, 0.3) is 0 Å². The summed E-state index contributed by atoms with van der Waals surface area (Å²) in [6, 6.07) is 0.0658. The molecule has 0 unspecified atom stereocenters. The Hall–Kier alpha value is -0.830. The van der Waals surface area contributed by atoms with E-state index in [1.54, 1.807) is 0 Å². The van der Waals surface area contributed by atoms with Crippen molar-refractivity contribution in [1.82, 2.24) is 9.78 Å². The molecule has 0 amide bonds. The molecule has 1 aromatic heterocycles. The first-order valence-corrected chi connectivity index (χ1v) is 4.64. The number of nitrogens with two attached hydrogens (primary N) is 1. The average molecular weight is 181 g/mol. The quantitative estimate of drug-likeness (QED) is 0.719. The van der Waals surface area contributed by atoms with E-state index in [2.05, 4.69) is 25.9 Å². The van der Waals surface area contributed by atoms with Crippen molar-refractivity contribution in [2.45, 2.75) is 46.2 Å². The van der Waals surface area contributed by atoms with Gasteiger partial charge < -0.3 is 5.73 Å². The van der Waals surface area contributed by atoms with E-state index in [-0.39, 0.29) is 11.6 Å². The van der Waals surface area contributed by atoms with Gasteiger partial charge in [-0.05, 0) is 34.6 Å². The van der Waals surface area contributed by atoms with E-state index in [1.165, 1.54) is 0 Å². The lowest BCUT2D eigenvalue weighted by Gasteiger charge is -2.18. The van der Waals surface area contributed by atoms with Crippen molar-refractivity contribution in [3.05, 3.63) is 17.5 Å². The number of rotatable bonds is 1. The van der Waals surface area contributed by atoms with Gasteiger partial charge >= 0.3 is 0 Å². The van der Waals surface area contributed by atoms with E-state index in [0.717, 1.165) is 11.3 Å². The van der Waals surface area contributed by atoms with E-state index in [4.69, 9.17) is 5.73 Å². The Bertz CT molecular complexity index is 292. The lowest BCUT2D eigenvalue weighted by atomic mass is 10.1. The molecule has 3 heteroatoms. The van der Waals surface area contributed by atoms with Crippen LogP contribution < -0.4 is 5.73 Å². The highest BCUT2D eigenvalue weighted by Gasteiger charge is 2.17. The Morgan fingerprint density at radius 1 is 1.46 bits per heavy atom. The van der Waals surface area contributed by atoms with Crippen LogP contribution in [-0.2, 0) is 5.54 Å². The molecule has 13 heavy (non-hydrogen) atoms. The van der Waals surface area contributed by atoms with Crippen molar-refractivity contribution in [3.63, 3.8) is 0 Å². The zero-order chi connectivity index (χ0) is 10.2. The minimum Gasteiger partial charge on any atom is -0.324 e. The molecule has 0 saturated carbocycles. The first-order chi connectivity index (χ1) is 5.82. The summed E-state index contributed by atoms with van der Waals surface area (Å²) in [5, 5.41) is 4.44. The molecular weight excluding hydrogens is 162 g/mol. The normalized spacial score (nSPS) is 14.6. The fourth-order valence-electron chi connectivity index (χ4n) is 1.26. The molecule has 1 aromatic rings. The fraction of sp³-hybridized carbons (Fsp3) is 0.700. The Kier molecular flexibility index (Phi) is 2.48. The highest BCUT2D eigenvalue weighted by molar-refractivity contribution is 5.19. The van der Waals surface area contributed by atoms with Crippen LogP contribution in [0.15, 0.2) is 6.20 Å². The lowest BCUT2D eigenvalue weighted by molar-refractivity contribution is 0.354. The van der Waals surface area contributed by atoms with Gasteiger partial charge in [-0.15, -0.1) is 0 Å². The van der Waals surface area contributed by atoms with E-state index >= 15 is 0 Å². The minimum atomic E-state index is 0.0396. The standard InChI is InChI=1S/C10H19N3/c1-7(11)9-6-13(10(3,4)5)12-8(9)2/h6-7H,11H2,1-5H3/t7-/m1/s1. The molecule has 0 fully saturated rings. The largest absolute Gasteiger partial charge is 0.324 e. The topological polar surface area (TPSA) is 43.8 Å². The number of aromatic nitrogens is 2. The maximum Gasteiger partial charge on any atom is 0.0641 e. The van der Waals surface area contributed by atoms with Crippen LogP contribution in [0.2, 0.25) is 0 Å². The maximum absolute atomic E-state index is 5.82. The second-order valence-corrected chi connectivity index (χ2v) is 4.57. The van der Waals surface area contributed by atoms with Crippen LogP contribution in [0.5, 0.6) is 0 Å². The fourth-order valence-corrected chi connectivity index (χ4v) is 1.26. The number of nitrogens with zero attached hydrogens (tertiary/aromatic N) is 2. The molecule has 0 aromatic carbocycles. The minimum absolute atomic E-state index is 0.0396. The molecule has 0 aliphatic heterocycles. The van der Waals surface area contributed by atoms with Crippen LogP contribution in [0, 0.1) is 6.92 Å². The molecule has 3 nitrogen and oxygen atoms in total. The van der Waals surface area contributed by atoms with Gasteiger partial charge in [-0.2, -0.15) is 5.10 Å². The van der Waals surface area contributed by atoms with E-state index < -0.39 is 0 Å². The molecule has 0 spiro atoms. The highest BCUT2D eigenvalue weighted by atomic mass is 15.3. The molecule has 0 aliphatic rings. The number of hydrogen-bond acceptors (Lipinski definition) is 2. The molecule has 0 bridgehead atoms. The van der Waals surface area contributed by atoms with Gasteiger partial charge in [0, 0.05) is 17.8 Å². The van der Waals surface area contributed by atoms with Crippen LogP contribution in [0.25, 0.3) is 0 Å². The Labute approximate surface area is 79.9 Å². The summed E-state index contributed by atoms with van der Waals surface area (Å²) in [7, 11) is 0. The number of aryl methyl sites for hydroxylation is 1. The first-order valence-electron chi connectivity index (χ1n) is 4.64. The summed E-state index contributed by atoms with van der Waals surface area (Å²) in [6.45, 7) is 10.4. The predicted octanol–water partition coefficient (Wildman–Crippen LogP) is 1.97. The van der Waals surface area contributed by atoms with Gasteiger partial charge in [-0.1, -0.05) is 0 Å². The smallest absolute Gasteiger partial charge is 0.0641 e. The average Bonchev–Trinajstić information content (AvgIpc) is 2.29. The molecular formula is C10H19N3. The van der Waals surface area contributed by atoms with Crippen molar-refractivity contribution >= 4 is 0 Å². The van der Waals surface area contributed by atoms with E-state index in [0.29, 0.717) is 0 Å². The van der Waals surface area contributed by atoms with Gasteiger partial charge in [0.05, 0.1) is 11.2 Å². The zero-order valence-corrected chi connectivity index (χ0v) is 9.13. The van der Waals surface area contributed by atoms with Crippen molar-refractivity contribution < 1.29 is 0 Å². The van der Waals surface area contributed by atoms with Gasteiger partial charge in [0.1, 0.15) is 0 Å². The third-order valence-electron chi connectivity index (χ3n) is 2.11. The summed E-state index contributed by atoms with van der Waals surface area (Å²) >= 11 is 0. The molecule has 0 radical (unpaired) electrons. The van der Waals surface area contributed by atoms with E-state index in [9.17, 15) is 0 Å². The predicted molar refractivity (Wildman–Crippen MR) is 54.6 cm³/mol. The highest BCUT2D eigenvalue weighted by Crippen LogP contribution is 2.19. The molecule has 74 valence electrons. The Balaban J connectivity index is 3.10. The van der Waals surface area contributed by atoms with Crippen LogP contribution in [0.3, 0.4) is 0 Å². The van der Waals surface area contributed by atoms with Crippen LogP contribution in [-0.4, -0.2) is 9.78 Å². The monoisotopic (exact) mass is 181 g/mol. The Morgan fingerprint density at radius 3 is 2.23 bits per heavy atom. The second kappa shape index (κ2) is 3.14. The summed E-state index contributed by atoms with van der Waals surface area (Å²) in [5.41, 5.74) is 8.02. The molecule has 0 aliphatic carbocycles. The molecule has 1 heterocycles. The molecule has 2 N–H and O–H groups in total. The lowest BCUT2D eigenvalue weighted by Crippen LogP contribution is -2.22. The van der Waals surface area contributed by atoms with Crippen molar-refractivity contribution in [2.24, 2.45) is 5.73 Å². The second-order valence-electron chi connectivity index (χ2n) is 4.57. The third kappa shape index (κ3) is 2.10. The SMILES string of the molecule is Cc1nn(C(C)(C)C)cc1[C@@H](C)N. The zero-order valence-electron chi connectivity index (χ0n) is 9.13. The van der Waals surface area contributed by atoms with Gasteiger partial charge in [0.15, 0.2) is 0 Å². The van der Waals surface area contributed by atoms with Crippen LogP contribution in [0.1, 0.15) is 45.0 Å². The Morgan fingerprint density at radius 2 is 2.00 bits per heavy atom. The van der Waals surface area contributed by atoms with Crippen molar-refractivity contribution in [2.75, 3.05) is 0 Å².